The third-order valence-electron chi connectivity index (χ3n) is 3.06. The molecule has 0 aliphatic carbocycles. The van der Waals surface area contributed by atoms with Gasteiger partial charge in [0.2, 0.25) is 0 Å². The van der Waals surface area contributed by atoms with Crippen LogP contribution in [0.4, 0.5) is 5.82 Å². The Balaban J connectivity index is 2.10. The van der Waals surface area contributed by atoms with Gasteiger partial charge in [-0.2, -0.15) is 0 Å². The molecule has 1 saturated heterocycles. The highest BCUT2D eigenvalue weighted by molar-refractivity contribution is 6.31. The summed E-state index contributed by atoms with van der Waals surface area (Å²) in [6.45, 7) is 10.5. The summed E-state index contributed by atoms with van der Waals surface area (Å²) in [4.78, 5) is 6.65. The van der Waals surface area contributed by atoms with Crippen LogP contribution in [-0.2, 0) is 11.3 Å². The molecule has 1 N–H and O–H groups in total. The molecule has 1 fully saturated rings. The van der Waals surface area contributed by atoms with Crippen LogP contribution >= 0.6 is 11.6 Å². The lowest BCUT2D eigenvalue weighted by Gasteiger charge is -2.28. The largest absolute Gasteiger partial charge is 0.378 e. The standard InChI is InChI=1S/C14H22ClN3O/c1-14(2,3)17-9-11-8-13(16-10-12(11)15)18-4-6-19-7-5-18/h8,10,17H,4-7,9H2,1-3H3. The molecule has 5 heteroatoms. The van der Waals surface area contributed by atoms with Crippen LogP contribution in [0.2, 0.25) is 5.02 Å². The molecule has 1 aromatic rings. The van der Waals surface area contributed by atoms with Crippen molar-refractivity contribution in [1.29, 1.82) is 0 Å². The molecule has 0 amide bonds. The Bertz CT molecular complexity index is 425. The lowest BCUT2D eigenvalue weighted by Crippen LogP contribution is -2.37. The molecular formula is C14H22ClN3O. The van der Waals surface area contributed by atoms with Crippen molar-refractivity contribution in [3.05, 3.63) is 22.8 Å². The van der Waals surface area contributed by atoms with Gasteiger partial charge in [-0.1, -0.05) is 11.6 Å². The number of morpholine rings is 1. The maximum Gasteiger partial charge on any atom is 0.129 e. The molecule has 0 radical (unpaired) electrons. The van der Waals surface area contributed by atoms with E-state index < -0.39 is 0 Å². The summed E-state index contributed by atoms with van der Waals surface area (Å²) in [5.41, 5.74) is 1.17. The smallest absolute Gasteiger partial charge is 0.129 e. The van der Waals surface area contributed by atoms with E-state index in [1.807, 2.05) is 0 Å². The van der Waals surface area contributed by atoms with Crippen LogP contribution in [0.25, 0.3) is 0 Å². The summed E-state index contributed by atoms with van der Waals surface area (Å²) in [5.74, 6) is 0.985. The molecule has 0 unspecified atom stereocenters. The van der Waals surface area contributed by atoms with Gasteiger partial charge < -0.3 is 15.0 Å². The third-order valence-corrected chi connectivity index (χ3v) is 3.40. The molecule has 4 nitrogen and oxygen atoms in total. The van der Waals surface area contributed by atoms with E-state index in [0.29, 0.717) is 5.02 Å². The molecule has 0 aromatic carbocycles. The van der Waals surface area contributed by atoms with Crippen LogP contribution in [0.5, 0.6) is 0 Å². The summed E-state index contributed by atoms with van der Waals surface area (Å²) in [7, 11) is 0. The first-order chi connectivity index (χ1) is 8.96. The highest BCUT2D eigenvalue weighted by Gasteiger charge is 2.15. The number of aromatic nitrogens is 1. The van der Waals surface area contributed by atoms with Gasteiger partial charge in [0.05, 0.1) is 18.2 Å². The topological polar surface area (TPSA) is 37.4 Å². The van der Waals surface area contributed by atoms with Gasteiger partial charge in [-0.3, -0.25) is 0 Å². The maximum absolute atomic E-state index is 6.22. The van der Waals surface area contributed by atoms with Crippen LogP contribution in [0.1, 0.15) is 26.3 Å². The van der Waals surface area contributed by atoms with E-state index in [-0.39, 0.29) is 5.54 Å². The summed E-state index contributed by atoms with van der Waals surface area (Å²) in [6.07, 6.45) is 1.74. The van der Waals surface area contributed by atoms with Crippen LogP contribution in [0, 0.1) is 0 Å². The van der Waals surface area contributed by atoms with Crippen LogP contribution < -0.4 is 10.2 Å². The monoisotopic (exact) mass is 283 g/mol. The fourth-order valence-electron chi connectivity index (χ4n) is 1.93. The van der Waals surface area contributed by atoms with E-state index in [1.165, 1.54) is 0 Å². The first-order valence-electron chi connectivity index (χ1n) is 6.68. The minimum atomic E-state index is 0.0751. The summed E-state index contributed by atoms with van der Waals surface area (Å²) in [5, 5.41) is 4.17. The van der Waals surface area contributed by atoms with Gasteiger partial charge in [0, 0.05) is 31.4 Å². The fourth-order valence-corrected chi connectivity index (χ4v) is 2.10. The second-order valence-electron chi connectivity index (χ2n) is 5.84. The van der Waals surface area contributed by atoms with Crippen molar-refractivity contribution >= 4 is 17.4 Å². The van der Waals surface area contributed by atoms with E-state index in [9.17, 15) is 0 Å². The molecule has 0 spiro atoms. The van der Waals surface area contributed by atoms with Gasteiger partial charge in [0.1, 0.15) is 5.82 Å². The molecule has 1 aliphatic rings. The molecule has 0 saturated carbocycles. The molecular weight excluding hydrogens is 262 g/mol. The van der Waals surface area contributed by atoms with Crippen molar-refractivity contribution in [3.8, 4) is 0 Å². The third kappa shape index (κ3) is 4.34. The normalized spacial score (nSPS) is 16.7. The molecule has 1 aromatic heterocycles. The van der Waals surface area contributed by atoms with E-state index in [2.05, 4.69) is 42.0 Å². The minimum Gasteiger partial charge on any atom is -0.378 e. The van der Waals surface area contributed by atoms with Gasteiger partial charge in [0.15, 0.2) is 0 Å². The van der Waals surface area contributed by atoms with Crippen LogP contribution in [-0.4, -0.2) is 36.8 Å². The first kappa shape index (κ1) is 14.6. The molecule has 1 aliphatic heterocycles. The number of nitrogens with one attached hydrogen (secondary N) is 1. The Labute approximate surface area is 120 Å². The zero-order valence-corrected chi connectivity index (χ0v) is 12.6. The van der Waals surface area contributed by atoms with Crippen molar-refractivity contribution in [3.63, 3.8) is 0 Å². The molecule has 0 atom stereocenters. The number of pyridine rings is 1. The summed E-state index contributed by atoms with van der Waals surface area (Å²) >= 11 is 6.22. The number of rotatable bonds is 3. The molecule has 2 rings (SSSR count). The zero-order chi connectivity index (χ0) is 13.9. The summed E-state index contributed by atoms with van der Waals surface area (Å²) < 4.78 is 5.36. The maximum atomic E-state index is 6.22. The lowest BCUT2D eigenvalue weighted by atomic mass is 10.1. The Morgan fingerprint density at radius 1 is 1.37 bits per heavy atom. The quantitative estimate of drug-likeness (QED) is 0.925. The van der Waals surface area contributed by atoms with Gasteiger partial charge in [-0.25, -0.2) is 4.98 Å². The van der Waals surface area contributed by atoms with E-state index in [1.54, 1.807) is 6.20 Å². The Morgan fingerprint density at radius 2 is 2.05 bits per heavy atom. The van der Waals surface area contributed by atoms with Gasteiger partial charge in [-0.15, -0.1) is 0 Å². The SMILES string of the molecule is CC(C)(C)NCc1cc(N2CCOCC2)ncc1Cl. The minimum absolute atomic E-state index is 0.0751. The van der Waals surface area contributed by atoms with Crippen molar-refractivity contribution in [2.75, 3.05) is 31.2 Å². The highest BCUT2D eigenvalue weighted by atomic mass is 35.5. The van der Waals surface area contributed by atoms with E-state index in [0.717, 1.165) is 44.2 Å². The second kappa shape index (κ2) is 6.07. The van der Waals surface area contributed by atoms with Gasteiger partial charge >= 0.3 is 0 Å². The Hall–Kier alpha value is -0.840. The highest BCUT2D eigenvalue weighted by Crippen LogP contribution is 2.21. The van der Waals surface area contributed by atoms with Crippen LogP contribution in [0.15, 0.2) is 12.3 Å². The fraction of sp³-hybridized carbons (Fsp3) is 0.643. The van der Waals surface area contributed by atoms with Crippen molar-refractivity contribution < 1.29 is 4.74 Å². The molecule has 0 bridgehead atoms. The number of hydrogen-bond acceptors (Lipinski definition) is 4. The Kier molecular flexibility index (Phi) is 4.66. The van der Waals surface area contributed by atoms with Crippen molar-refractivity contribution in [2.24, 2.45) is 0 Å². The Morgan fingerprint density at radius 3 is 2.68 bits per heavy atom. The molecule has 106 valence electrons. The first-order valence-corrected chi connectivity index (χ1v) is 7.06. The van der Waals surface area contributed by atoms with Gasteiger partial charge in [0.25, 0.3) is 0 Å². The molecule has 19 heavy (non-hydrogen) atoms. The average molecular weight is 284 g/mol. The number of nitrogens with zero attached hydrogens (tertiary/aromatic N) is 2. The zero-order valence-electron chi connectivity index (χ0n) is 11.9. The van der Waals surface area contributed by atoms with E-state index >= 15 is 0 Å². The molecule has 2 heterocycles. The van der Waals surface area contributed by atoms with Crippen molar-refractivity contribution in [2.45, 2.75) is 32.9 Å². The number of hydrogen-bond donors (Lipinski definition) is 1. The predicted octanol–water partition coefficient (Wildman–Crippen LogP) is 2.46. The lowest BCUT2D eigenvalue weighted by molar-refractivity contribution is 0.122. The number of anilines is 1. The number of ether oxygens (including phenoxy) is 1. The van der Waals surface area contributed by atoms with E-state index in [4.69, 9.17) is 16.3 Å². The predicted molar refractivity (Wildman–Crippen MR) is 78.9 cm³/mol. The average Bonchev–Trinajstić information content (AvgIpc) is 2.38. The summed E-state index contributed by atoms with van der Waals surface area (Å²) in [6, 6.07) is 2.08. The van der Waals surface area contributed by atoms with Crippen LogP contribution in [0.3, 0.4) is 0 Å². The van der Waals surface area contributed by atoms with Crippen molar-refractivity contribution in [1.82, 2.24) is 10.3 Å². The van der Waals surface area contributed by atoms with Gasteiger partial charge in [-0.05, 0) is 32.4 Å². The second-order valence-corrected chi connectivity index (χ2v) is 6.24. The number of halogens is 1.